The number of hydrogen-bond acceptors (Lipinski definition) is 5. The molecule has 5 N–H and O–H groups in total. The smallest absolute Gasteiger partial charge is 0.269 e. The number of thiophene rings is 1. The normalized spacial score (nSPS) is 10.4. The molecule has 0 radical (unpaired) electrons. The largest absolute Gasteiger partial charge is 0.384 e. The van der Waals surface area contributed by atoms with Crippen molar-refractivity contribution in [2.45, 2.75) is 6.92 Å². The maximum Gasteiger partial charge on any atom is 0.269 e. The molecule has 28 heavy (non-hydrogen) atoms. The van der Waals surface area contributed by atoms with Crippen molar-refractivity contribution in [2.24, 2.45) is 5.73 Å². The van der Waals surface area contributed by atoms with Gasteiger partial charge in [-0.2, -0.15) is 0 Å². The van der Waals surface area contributed by atoms with E-state index in [4.69, 9.17) is 11.1 Å². The molecule has 3 aromatic rings. The van der Waals surface area contributed by atoms with Gasteiger partial charge in [0.1, 0.15) is 22.3 Å². The van der Waals surface area contributed by atoms with Gasteiger partial charge in [-0.1, -0.05) is 12.1 Å². The van der Waals surface area contributed by atoms with Crippen LogP contribution in [-0.4, -0.2) is 22.6 Å². The van der Waals surface area contributed by atoms with Crippen LogP contribution in [-0.2, 0) is 0 Å². The summed E-state index contributed by atoms with van der Waals surface area (Å²) in [4.78, 5) is 29.3. The molecular weight excluding hydrogens is 381 g/mol. The first-order chi connectivity index (χ1) is 13.3. The Morgan fingerprint density at radius 2 is 1.93 bits per heavy atom. The average Bonchev–Trinajstić information content (AvgIpc) is 3.11. The van der Waals surface area contributed by atoms with Gasteiger partial charge in [0.15, 0.2) is 0 Å². The maximum atomic E-state index is 14.2. The molecule has 0 unspecified atom stereocenters. The van der Waals surface area contributed by atoms with E-state index in [0.29, 0.717) is 5.82 Å². The highest BCUT2D eigenvalue weighted by Crippen LogP contribution is 2.24. The fourth-order valence-corrected chi connectivity index (χ4v) is 3.10. The van der Waals surface area contributed by atoms with Crippen LogP contribution in [0.25, 0.3) is 0 Å². The van der Waals surface area contributed by atoms with Crippen molar-refractivity contribution in [2.75, 3.05) is 10.6 Å². The molecule has 0 saturated carbocycles. The molecule has 0 spiro atoms. The number of carbonyl (C=O) groups excluding carboxylic acids is 2. The summed E-state index contributed by atoms with van der Waals surface area (Å²) in [5.74, 6) is -1.88. The molecule has 0 aliphatic rings. The van der Waals surface area contributed by atoms with Crippen molar-refractivity contribution in [3.63, 3.8) is 0 Å². The zero-order valence-electron chi connectivity index (χ0n) is 14.7. The second-order valence-electron chi connectivity index (χ2n) is 5.90. The van der Waals surface area contributed by atoms with Gasteiger partial charge < -0.3 is 16.4 Å². The van der Waals surface area contributed by atoms with Gasteiger partial charge in [-0.3, -0.25) is 15.0 Å². The van der Waals surface area contributed by atoms with E-state index < -0.39 is 17.6 Å². The molecule has 1 aromatic carbocycles. The SMILES string of the molecule is Cc1ccc(NC(=O)c2sccc2NC(=O)c2ccc(C(=N)N)cc2F)nc1. The van der Waals surface area contributed by atoms with Crippen LogP contribution in [0.1, 0.15) is 31.2 Å². The molecule has 2 amide bonds. The fraction of sp³-hybridized carbons (Fsp3) is 0.0526. The number of pyridine rings is 1. The van der Waals surface area contributed by atoms with Crippen LogP contribution in [0.5, 0.6) is 0 Å². The Morgan fingerprint density at radius 3 is 2.57 bits per heavy atom. The maximum absolute atomic E-state index is 14.2. The number of anilines is 2. The zero-order valence-corrected chi connectivity index (χ0v) is 15.6. The topological polar surface area (TPSA) is 121 Å². The second kappa shape index (κ2) is 7.97. The minimum Gasteiger partial charge on any atom is -0.384 e. The molecule has 0 saturated heterocycles. The van der Waals surface area contributed by atoms with Crippen LogP contribution >= 0.6 is 11.3 Å². The molecule has 7 nitrogen and oxygen atoms in total. The third-order valence-corrected chi connectivity index (χ3v) is 4.71. The lowest BCUT2D eigenvalue weighted by atomic mass is 10.1. The number of nitrogens with one attached hydrogen (secondary N) is 3. The van der Waals surface area contributed by atoms with E-state index >= 15 is 0 Å². The predicted molar refractivity (Wildman–Crippen MR) is 107 cm³/mol. The van der Waals surface area contributed by atoms with E-state index in [1.165, 1.54) is 12.1 Å². The van der Waals surface area contributed by atoms with Crippen LogP contribution in [0.15, 0.2) is 48.0 Å². The number of halogens is 1. The van der Waals surface area contributed by atoms with E-state index in [9.17, 15) is 14.0 Å². The van der Waals surface area contributed by atoms with Gasteiger partial charge in [-0.15, -0.1) is 11.3 Å². The minimum absolute atomic E-state index is 0.176. The first kappa shape index (κ1) is 19.2. The summed E-state index contributed by atoms with van der Waals surface area (Å²) < 4.78 is 14.2. The Hall–Kier alpha value is -3.59. The number of nitrogens with two attached hydrogens (primary N) is 1. The highest BCUT2D eigenvalue weighted by atomic mass is 32.1. The van der Waals surface area contributed by atoms with Crippen molar-refractivity contribution in [1.82, 2.24) is 4.98 Å². The van der Waals surface area contributed by atoms with E-state index in [-0.39, 0.29) is 27.5 Å². The number of amides is 2. The lowest BCUT2D eigenvalue weighted by Gasteiger charge is -2.09. The van der Waals surface area contributed by atoms with Gasteiger partial charge in [0.2, 0.25) is 0 Å². The van der Waals surface area contributed by atoms with Crippen molar-refractivity contribution in [1.29, 1.82) is 5.41 Å². The summed E-state index contributed by atoms with van der Waals surface area (Å²) in [5, 5.41) is 14.1. The molecule has 2 aromatic heterocycles. The highest BCUT2D eigenvalue weighted by Gasteiger charge is 2.19. The number of nitrogens with zero attached hydrogens (tertiary/aromatic N) is 1. The van der Waals surface area contributed by atoms with Gasteiger partial charge in [-0.25, -0.2) is 9.37 Å². The number of hydrogen-bond donors (Lipinski definition) is 4. The van der Waals surface area contributed by atoms with Crippen molar-refractivity contribution in [3.8, 4) is 0 Å². The number of amidine groups is 1. The van der Waals surface area contributed by atoms with E-state index in [0.717, 1.165) is 23.0 Å². The number of aromatic nitrogens is 1. The Kier molecular flexibility index (Phi) is 5.46. The van der Waals surface area contributed by atoms with Gasteiger partial charge in [0.05, 0.1) is 11.3 Å². The van der Waals surface area contributed by atoms with Crippen LogP contribution < -0.4 is 16.4 Å². The van der Waals surface area contributed by atoms with Crippen molar-refractivity contribution in [3.05, 3.63) is 75.4 Å². The molecular formula is C19H16FN5O2S. The standard InChI is InChI=1S/C19H16FN5O2S/c1-10-2-5-15(23-9-10)25-19(27)16-14(6-7-28-16)24-18(26)12-4-3-11(17(21)22)8-13(12)20/h2-9H,1H3,(H3,21,22)(H,24,26)(H,23,25,27). The molecule has 2 heterocycles. The van der Waals surface area contributed by atoms with Gasteiger partial charge >= 0.3 is 0 Å². The number of nitrogen functional groups attached to an aromatic ring is 1. The van der Waals surface area contributed by atoms with E-state index in [1.54, 1.807) is 23.7 Å². The molecule has 0 aliphatic carbocycles. The molecule has 0 aliphatic heterocycles. The van der Waals surface area contributed by atoms with E-state index in [2.05, 4.69) is 15.6 Å². The van der Waals surface area contributed by atoms with E-state index in [1.807, 2.05) is 13.0 Å². The summed E-state index contributed by atoms with van der Waals surface area (Å²) in [6, 6.07) is 8.68. The quantitative estimate of drug-likeness (QED) is 0.389. The van der Waals surface area contributed by atoms with Crippen LogP contribution in [0.2, 0.25) is 0 Å². The number of carbonyl (C=O) groups is 2. The Bertz CT molecular complexity index is 1060. The van der Waals surface area contributed by atoms with Gasteiger partial charge in [-0.05, 0) is 42.1 Å². The van der Waals surface area contributed by atoms with Gasteiger partial charge in [0, 0.05) is 11.8 Å². The Balaban J connectivity index is 1.76. The summed E-state index contributed by atoms with van der Waals surface area (Å²) in [6.45, 7) is 1.88. The predicted octanol–water partition coefficient (Wildman–Crippen LogP) is 3.38. The van der Waals surface area contributed by atoms with Crippen LogP contribution in [0, 0.1) is 18.2 Å². The van der Waals surface area contributed by atoms with Crippen molar-refractivity contribution >= 4 is 40.5 Å². The monoisotopic (exact) mass is 397 g/mol. The molecule has 0 fully saturated rings. The fourth-order valence-electron chi connectivity index (χ4n) is 2.35. The summed E-state index contributed by atoms with van der Waals surface area (Å²) in [5.41, 5.74) is 6.48. The first-order valence-corrected chi connectivity index (χ1v) is 9.00. The third-order valence-electron chi connectivity index (χ3n) is 3.80. The van der Waals surface area contributed by atoms with Crippen LogP contribution in [0.3, 0.4) is 0 Å². The number of benzene rings is 1. The molecule has 142 valence electrons. The Labute approximate surface area is 163 Å². The molecule has 0 atom stereocenters. The third kappa shape index (κ3) is 4.21. The summed E-state index contributed by atoms with van der Waals surface area (Å²) in [7, 11) is 0. The molecule has 9 heteroatoms. The first-order valence-electron chi connectivity index (χ1n) is 8.12. The minimum atomic E-state index is -0.810. The number of aryl methyl sites for hydroxylation is 1. The van der Waals surface area contributed by atoms with Gasteiger partial charge in [0.25, 0.3) is 11.8 Å². The second-order valence-corrected chi connectivity index (χ2v) is 6.82. The highest BCUT2D eigenvalue weighted by molar-refractivity contribution is 7.12. The molecule has 0 bridgehead atoms. The lowest BCUT2D eigenvalue weighted by Crippen LogP contribution is -2.18. The summed E-state index contributed by atoms with van der Waals surface area (Å²) >= 11 is 1.13. The zero-order chi connectivity index (χ0) is 20.3. The van der Waals surface area contributed by atoms with Crippen molar-refractivity contribution < 1.29 is 14.0 Å². The average molecular weight is 397 g/mol. The van der Waals surface area contributed by atoms with Crippen LogP contribution in [0.4, 0.5) is 15.9 Å². The Morgan fingerprint density at radius 1 is 1.14 bits per heavy atom. The molecule has 3 rings (SSSR count). The summed E-state index contributed by atoms with van der Waals surface area (Å²) in [6.07, 6.45) is 1.63. The number of rotatable bonds is 5. The lowest BCUT2D eigenvalue weighted by molar-refractivity contribution is 0.102.